The summed E-state index contributed by atoms with van der Waals surface area (Å²) in [5.41, 5.74) is 4.67. The Bertz CT molecular complexity index is 1660. The average Bonchev–Trinajstić information content (AvgIpc) is 3.45. The molecule has 0 spiro atoms. The second kappa shape index (κ2) is 9.37. The van der Waals surface area contributed by atoms with Gasteiger partial charge in [0, 0.05) is 13.1 Å². The first-order valence-corrected chi connectivity index (χ1v) is 11.7. The minimum atomic E-state index is -4.64. The van der Waals surface area contributed by atoms with Crippen LogP contribution in [-0.2, 0) is 12.7 Å². The Labute approximate surface area is 213 Å². The molecule has 5 rings (SSSR count). The summed E-state index contributed by atoms with van der Waals surface area (Å²) in [5, 5.41) is 9.45. The molecule has 2 N–H and O–H groups in total. The second-order valence-electron chi connectivity index (χ2n) is 9.07. The van der Waals surface area contributed by atoms with E-state index in [4.69, 9.17) is 5.73 Å². The molecule has 1 fully saturated rings. The van der Waals surface area contributed by atoms with Crippen molar-refractivity contribution < 1.29 is 22.4 Å². The molecular formula is C27H21F4N5O2. The molecule has 3 aromatic carbocycles. The lowest BCUT2D eigenvalue weighted by Gasteiger charge is -2.21. The van der Waals surface area contributed by atoms with Gasteiger partial charge in [0.25, 0.3) is 5.91 Å². The van der Waals surface area contributed by atoms with Crippen molar-refractivity contribution in [2.75, 3.05) is 18.0 Å². The zero-order valence-corrected chi connectivity index (χ0v) is 19.9. The largest absolute Gasteiger partial charge is 0.416 e. The van der Waals surface area contributed by atoms with Gasteiger partial charge in [0.05, 0.1) is 46.0 Å². The first kappa shape index (κ1) is 25.1. The van der Waals surface area contributed by atoms with Crippen LogP contribution in [0.4, 0.5) is 23.2 Å². The maximum absolute atomic E-state index is 14.7. The van der Waals surface area contributed by atoms with Crippen molar-refractivity contribution in [3.05, 3.63) is 99.2 Å². The van der Waals surface area contributed by atoms with Crippen LogP contribution in [0, 0.1) is 17.1 Å². The van der Waals surface area contributed by atoms with E-state index in [1.54, 1.807) is 17.0 Å². The van der Waals surface area contributed by atoms with Crippen LogP contribution in [0.1, 0.15) is 39.5 Å². The number of nitrogens with zero attached hydrogens (tertiary/aromatic N) is 4. The summed E-state index contributed by atoms with van der Waals surface area (Å²) in [4.78, 5) is 27.7. The SMILES string of the molecule is N#Cc1cccc(F)c1N1CC[C@@H](n2c(=O)n(Cc3ccccc3C(F)(F)F)c3c(C(N)=O)cccc32)C1. The third kappa shape index (κ3) is 4.18. The van der Waals surface area contributed by atoms with Crippen LogP contribution in [0.15, 0.2) is 65.5 Å². The lowest BCUT2D eigenvalue weighted by Crippen LogP contribution is -2.30. The van der Waals surface area contributed by atoms with E-state index in [0.717, 1.165) is 10.6 Å². The molecule has 0 aliphatic carbocycles. The molecule has 0 unspecified atom stereocenters. The summed E-state index contributed by atoms with van der Waals surface area (Å²) in [6, 6.07) is 15.2. The number of carbonyl (C=O) groups excluding carboxylic acids is 1. The number of aromatic nitrogens is 2. The summed E-state index contributed by atoms with van der Waals surface area (Å²) in [6.07, 6.45) is -4.24. The van der Waals surface area contributed by atoms with Gasteiger partial charge in [-0.15, -0.1) is 0 Å². The Morgan fingerprint density at radius 3 is 2.53 bits per heavy atom. The van der Waals surface area contributed by atoms with Crippen molar-refractivity contribution >= 4 is 22.6 Å². The predicted molar refractivity (Wildman–Crippen MR) is 132 cm³/mol. The van der Waals surface area contributed by atoms with Crippen LogP contribution in [0.5, 0.6) is 0 Å². The number of nitrogens with two attached hydrogens (primary N) is 1. The van der Waals surface area contributed by atoms with E-state index in [9.17, 15) is 32.4 Å². The molecule has 7 nitrogen and oxygen atoms in total. The molecule has 1 atom stereocenters. The number of hydrogen-bond acceptors (Lipinski definition) is 4. The fourth-order valence-electron chi connectivity index (χ4n) is 5.22. The van der Waals surface area contributed by atoms with E-state index < -0.39 is 41.7 Å². The Morgan fingerprint density at radius 2 is 1.82 bits per heavy atom. The number of halogens is 4. The van der Waals surface area contributed by atoms with Crippen LogP contribution in [0.25, 0.3) is 11.0 Å². The normalized spacial score (nSPS) is 15.7. The highest BCUT2D eigenvalue weighted by Gasteiger charge is 2.35. The standard InChI is InChI=1S/C27H21F4N5O2/c28-21-9-3-6-16(13-32)23(21)34-12-11-18(15-34)36-22-10-4-7-19(25(33)37)24(22)35(26(36)38)14-17-5-1-2-8-20(17)27(29,30)31/h1-10,18H,11-12,14-15H2,(H2,33,37)/t18-/m1/s1. The number of benzene rings is 3. The van der Waals surface area contributed by atoms with Gasteiger partial charge < -0.3 is 10.6 Å². The third-order valence-electron chi connectivity index (χ3n) is 6.85. The molecule has 194 valence electrons. The highest BCUT2D eigenvalue weighted by Crippen LogP contribution is 2.35. The lowest BCUT2D eigenvalue weighted by atomic mass is 10.1. The van der Waals surface area contributed by atoms with Gasteiger partial charge in [-0.1, -0.05) is 30.3 Å². The zero-order chi connectivity index (χ0) is 27.2. The van der Waals surface area contributed by atoms with Gasteiger partial charge in [-0.25, -0.2) is 9.18 Å². The molecule has 1 amide bonds. The van der Waals surface area contributed by atoms with Crippen molar-refractivity contribution in [3.63, 3.8) is 0 Å². The molecular weight excluding hydrogens is 502 g/mol. The van der Waals surface area contributed by atoms with Gasteiger partial charge in [-0.2, -0.15) is 18.4 Å². The molecule has 1 saturated heterocycles. The predicted octanol–water partition coefficient (Wildman–Crippen LogP) is 4.43. The zero-order valence-electron chi connectivity index (χ0n) is 19.9. The number of alkyl halides is 3. The van der Waals surface area contributed by atoms with Crippen molar-refractivity contribution in [1.82, 2.24) is 9.13 Å². The maximum Gasteiger partial charge on any atom is 0.416 e. The number of nitriles is 1. The molecule has 1 aromatic heterocycles. The highest BCUT2D eigenvalue weighted by molar-refractivity contribution is 6.04. The van der Waals surface area contributed by atoms with Gasteiger partial charge in [0.15, 0.2) is 0 Å². The third-order valence-corrected chi connectivity index (χ3v) is 6.85. The van der Waals surface area contributed by atoms with Crippen LogP contribution >= 0.6 is 0 Å². The molecule has 1 aliphatic rings. The van der Waals surface area contributed by atoms with Crippen LogP contribution in [0.2, 0.25) is 0 Å². The first-order valence-electron chi connectivity index (χ1n) is 11.7. The summed E-state index contributed by atoms with van der Waals surface area (Å²) in [7, 11) is 0. The summed E-state index contributed by atoms with van der Waals surface area (Å²) >= 11 is 0. The number of para-hydroxylation sites is 2. The number of anilines is 1. The van der Waals surface area contributed by atoms with Crippen molar-refractivity contribution in [1.29, 1.82) is 5.26 Å². The Balaban J connectivity index is 1.64. The average molecular weight is 523 g/mol. The maximum atomic E-state index is 14.7. The molecule has 4 aromatic rings. The van der Waals surface area contributed by atoms with E-state index in [1.165, 1.54) is 47.0 Å². The molecule has 0 radical (unpaired) electrons. The van der Waals surface area contributed by atoms with Crippen molar-refractivity contribution in [3.8, 4) is 6.07 Å². The van der Waals surface area contributed by atoms with E-state index in [0.29, 0.717) is 18.5 Å². The quantitative estimate of drug-likeness (QED) is 0.392. The van der Waals surface area contributed by atoms with E-state index in [-0.39, 0.29) is 34.4 Å². The van der Waals surface area contributed by atoms with Gasteiger partial charge >= 0.3 is 11.9 Å². The van der Waals surface area contributed by atoms with Crippen LogP contribution in [0.3, 0.4) is 0 Å². The summed E-state index contributed by atoms with van der Waals surface area (Å²) in [5.74, 6) is -1.40. The highest BCUT2D eigenvalue weighted by atomic mass is 19.4. The Kier molecular flexibility index (Phi) is 6.18. The molecule has 1 aliphatic heterocycles. The number of fused-ring (bicyclic) bond motifs is 1. The smallest absolute Gasteiger partial charge is 0.366 e. The molecule has 11 heteroatoms. The van der Waals surface area contributed by atoms with Crippen LogP contribution < -0.4 is 16.3 Å². The van der Waals surface area contributed by atoms with Gasteiger partial charge in [0.1, 0.15) is 11.9 Å². The fourth-order valence-corrected chi connectivity index (χ4v) is 5.22. The van der Waals surface area contributed by atoms with E-state index >= 15 is 0 Å². The van der Waals surface area contributed by atoms with E-state index in [2.05, 4.69) is 0 Å². The molecule has 0 bridgehead atoms. The number of imidazole rings is 1. The molecule has 0 saturated carbocycles. The first-order chi connectivity index (χ1) is 18.1. The van der Waals surface area contributed by atoms with Crippen molar-refractivity contribution in [2.24, 2.45) is 5.73 Å². The number of amides is 1. The monoisotopic (exact) mass is 523 g/mol. The fraction of sp³-hybridized carbons (Fsp3) is 0.222. The number of rotatable bonds is 5. The van der Waals surface area contributed by atoms with Gasteiger partial charge in [-0.3, -0.25) is 13.9 Å². The lowest BCUT2D eigenvalue weighted by molar-refractivity contribution is -0.138. The second-order valence-corrected chi connectivity index (χ2v) is 9.07. The van der Waals surface area contributed by atoms with E-state index in [1.807, 2.05) is 6.07 Å². The number of primary amides is 1. The van der Waals surface area contributed by atoms with Crippen molar-refractivity contribution in [2.45, 2.75) is 25.2 Å². The van der Waals surface area contributed by atoms with Gasteiger partial charge in [0.2, 0.25) is 0 Å². The molecule has 2 heterocycles. The Morgan fingerprint density at radius 1 is 1.08 bits per heavy atom. The summed E-state index contributed by atoms with van der Waals surface area (Å²) < 4.78 is 58.3. The molecule has 38 heavy (non-hydrogen) atoms. The number of carbonyl (C=O) groups is 1. The Hall–Kier alpha value is -4.59. The summed E-state index contributed by atoms with van der Waals surface area (Å²) in [6.45, 7) is 0.0744. The minimum absolute atomic E-state index is 0.00133. The topological polar surface area (TPSA) is 97.1 Å². The minimum Gasteiger partial charge on any atom is -0.366 e. The number of hydrogen-bond donors (Lipinski definition) is 1. The van der Waals surface area contributed by atoms with Crippen LogP contribution in [-0.4, -0.2) is 28.1 Å². The van der Waals surface area contributed by atoms with Gasteiger partial charge in [-0.05, 0) is 42.3 Å².